The van der Waals surface area contributed by atoms with Crippen LogP contribution >= 0.6 is 0 Å². The molecule has 0 aliphatic heterocycles. The summed E-state index contributed by atoms with van der Waals surface area (Å²) < 4.78 is 4.90. The highest BCUT2D eigenvalue weighted by atomic mass is 16.5. The maximum Gasteiger partial charge on any atom is 0.320 e. The topological polar surface area (TPSA) is 58.6 Å². The number of rotatable bonds is 6. The minimum absolute atomic E-state index is 0.0652. The Kier molecular flexibility index (Phi) is 6.54. The summed E-state index contributed by atoms with van der Waals surface area (Å²) in [6.45, 7) is 6.50. The molecule has 0 radical (unpaired) electrons. The second-order valence-corrected chi connectivity index (χ2v) is 3.46. The zero-order valence-corrected chi connectivity index (χ0v) is 8.54. The van der Waals surface area contributed by atoms with Crippen LogP contribution in [-0.4, -0.2) is 36.9 Å². The number of nitrogens with one attached hydrogen (secondary N) is 1. The standard InChI is InChI=1S/C9H19NO3/c1-7(2)13-9(12)5-10-4-8(3)6-11/h7-8,10-11H,4-6H2,1-3H3. The van der Waals surface area contributed by atoms with Gasteiger partial charge < -0.3 is 15.2 Å². The summed E-state index contributed by atoms with van der Waals surface area (Å²) in [5, 5.41) is 11.6. The lowest BCUT2D eigenvalue weighted by atomic mass is 10.2. The molecule has 13 heavy (non-hydrogen) atoms. The molecule has 0 heterocycles. The smallest absolute Gasteiger partial charge is 0.320 e. The van der Waals surface area contributed by atoms with Crippen LogP contribution in [0.25, 0.3) is 0 Å². The Morgan fingerprint density at radius 2 is 2.08 bits per heavy atom. The SMILES string of the molecule is CC(CO)CNCC(=O)OC(C)C. The van der Waals surface area contributed by atoms with Gasteiger partial charge in [-0.25, -0.2) is 0 Å². The van der Waals surface area contributed by atoms with Gasteiger partial charge in [-0.05, 0) is 19.8 Å². The van der Waals surface area contributed by atoms with Gasteiger partial charge in [0.05, 0.1) is 12.6 Å². The van der Waals surface area contributed by atoms with E-state index in [0.717, 1.165) is 0 Å². The maximum absolute atomic E-state index is 11.0. The largest absolute Gasteiger partial charge is 0.462 e. The Labute approximate surface area is 79.3 Å². The molecule has 0 aromatic carbocycles. The molecular formula is C9H19NO3. The number of hydrogen-bond acceptors (Lipinski definition) is 4. The van der Waals surface area contributed by atoms with E-state index in [1.807, 2.05) is 20.8 Å². The summed E-state index contributed by atoms with van der Waals surface area (Å²) in [4.78, 5) is 11.0. The molecule has 4 nitrogen and oxygen atoms in total. The highest BCUT2D eigenvalue weighted by Crippen LogP contribution is 1.90. The third-order valence-electron chi connectivity index (χ3n) is 1.44. The van der Waals surface area contributed by atoms with Crippen LogP contribution in [0.1, 0.15) is 20.8 Å². The van der Waals surface area contributed by atoms with Gasteiger partial charge in [-0.3, -0.25) is 4.79 Å². The van der Waals surface area contributed by atoms with Crippen LogP contribution < -0.4 is 5.32 Å². The van der Waals surface area contributed by atoms with E-state index in [4.69, 9.17) is 9.84 Å². The van der Waals surface area contributed by atoms with Crippen molar-refractivity contribution in [2.45, 2.75) is 26.9 Å². The first-order valence-electron chi connectivity index (χ1n) is 4.57. The molecule has 0 aliphatic carbocycles. The summed E-state index contributed by atoms with van der Waals surface area (Å²) in [7, 11) is 0. The molecule has 0 spiro atoms. The zero-order valence-electron chi connectivity index (χ0n) is 8.54. The molecule has 0 aromatic rings. The Bertz CT molecular complexity index is 148. The van der Waals surface area contributed by atoms with Gasteiger partial charge in [0.1, 0.15) is 0 Å². The highest BCUT2D eigenvalue weighted by Gasteiger charge is 2.05. The quantitative estimate of drug-likeness (QED) is 0.584. The van der Waals surface area contributed by atoms with Crippen molar-refractivity contribution in [3.63, 3.8) is 0 Å². The van der Waals surface area contributed by atoms with Gasteiger partial charge in [-0.1, -0.05) is 6.92 Å². The molecule has 0 fully saturated rings. The van der Waals surface area contributed by atoms with Crippen molar-refractivity contribution < 1.29 is 14.6 Å². The van der Waals surface area contributed by atoms with Gasteiger partial charge in [0.15, 0.2) is 0 Å². The second-order valence-electron chi connectivity index (χ2n) is 3.46. The molecule has 0 amide bonds. The molecule has 0 saturated carbocycles. The highest BCUT2D eigenvalue weighted by molar-refractivity contribution is 5.71. The zero-order chi connectivity index (χ0) is 10.3. The minimum atomic E-state index is -0.250. The van der Waals surface area contributed by atoms with Gasteiger partial charge in [-0.2, -0.15) is 0 Å². The summed E-state index contributed by atoms with van der Waals surface area (Å²) in [6.07, 6.45) is -0.0652. The van der Waals surface area contributed by atoms with Gasteiger partial charge >= 0.3 is 5.97 Å². The number of hydrogen-bond donors (Lipinski definition) is 2. The predicted octanol–water partition coefficient (Wildman–Crippen LogP) is 0.156. The van der Waals surface area contributed by atoms with Crippen molar-refractivity contribution in [1.29, 1.82) is 0 Å². The summed E-state index contributed by atoms with van der Waals surface area (Å²) in [5.74, 6) is -0.0769. The van der Waals surface area contributed by atoms with Gasteiger partial charge in [0.2, 0.25) is 0 Å². The first-order chi connectivity index (χ1) is 6.06. The van der Waals surface area contributed by atoms with Crippen molar-refractivity contribution in [1.82, 2.24) is 5.32 Å². The molecule has 1 atom stereocenters. The van der Waals surface area contributed by atoms with Crippen LogP contribution in [0.4, 0.5) is 0 Å². The third kappa shape index (κ3) is 7.74. The first kappa shape index (κ1) is 12.4. The summed E-state index contributed by atoms with van der Waals surface area (Å²) in [6, 6.07) is 0. The van der Waals surface area contributed by atoms with E-state index >= 15 is 0 Å². The minimum Gasteiger partial charge on any atom is -0.462 e. The van der Waals surface area contributed by atoms with E-state index in [9.17, 15) is 4.79 Å². The number of carbonyl (C=O) groups is 1. The maximum atomic E-state index is 11.0. The van der Waals surface area contributed by atoms with Crippen LogP contribution in [-0.2, 0) is 9.53 Å². The molecular weight excluding hydrogens is 170 g/mol. The van der Waals surface area contributed by atoms with Crippen LogP contribution in [0.15, 0.2) is 0 Å². The molecule has 0 saturated heterocycles. The van der Waals surface area contributed by atoms with Crippen LogP contribution in [0.3, 0.4) is 0 Å². The number of aliphatic hydroxyl groups is 1. The van der Waals surface area contributed by atoms with Crippen molar-refractivity contribution in [2.75, 3.05) is 19.7 Å². The van der Waals surface area contributed by atoms with Gasteiger partial charge in [0.25, 0.3) is 0 Å². The molecule has 4 heteroatoms. The normalized spacial score (nSPS) is 13.0. The summed E-state index contributed by atoms with van der Waals surface area (Å²) >= 11 is 0. The molecule has 0 bridgehead atoms. The molecule has 78 valence electrons. The number of esters is 1. The average Bonchev–Trinajstić information content (AvgIpc) is 2.02. The lowest BCUT2D eigenvalue weighted by molar-refractivity contribution is -0.146. The third-order valence-corrected chi connectivity index (χ3v) is 1.44. The molecule has 0 aliphatic rings. The fraction of sp³-hybridized carbons (Fsp3) is 0.889. The Balaban J connectivity index is 3.37. The summed E-state index contributed by atoms with van der Waals surface area (Å²) in [5.41, 5.74) is 0. The van der Waals surface area contributed by atoms with E-state index in [1.54, 1.807) is 0 Å². The van der Waals surface area contributed by atoms with Crippen molar-refractivity contribution >= 4 is 5.97 Å². The van der Waals surface area contributed by atoms with E-state index < -0.39 is 0 Å². The lowest BCUT2D eigenvalue weighted by Gasteiger charge is -2.10. The van der Waals surface area contributed by atoms with Gasteiger partial charge in [0, 0.05) is 13.2 Å². The van der Waals surface area contributed by atoms with E-state index in [-0.39, 0.29) is 31.1 Å². The Hall–Kier alpha value is -0.610. The number of aliphatic hydroxyl groups excluding tert-OH is 1. The van der Waals surface area contributed by atoms with E-state index in [0.29, 0.717) is 6.54 Å². The Morgan fingerprint density at radius 1 is 1.46 bits per heavy atom. The second kappa shape index (κ2) is 6.86. The molecule has 2 N–H and O–H groups in total. The van der Waals surface area contributed by atoms with E-state index in [2.05, 4.69) is 5.32 Å². The number of carbonyl (C=O) groups excluding carboxylic acids is 1. The fourth-order valence-electron chi connectivity index (χ4n) is 0.790. The van der Waals surface area contributed by atoms with Crippen LogP contribution in [0.5, 0.6) is 0 Å². The monoisotopic (exact) mass is 189 g/mol. The van der Waals surface area contributed by atoms with Crippen molar-refractivity contribution in [3.05, 3.63) is 0 Å². The average molecular weight is 189 g/mol. The van der Waals surface area contributed by atoms with Crippen LogP contribution in [0, 0.1) is 5.92 Å². The van der Waals surface area contributed by atoms with Crippen LogP contribution in [0.2, 0.25) is 0 Å². The van der Waals surface area contributed by atoms with Crippen molar-refractivity contribution in [3.8, 4) is 0 Å². The fourth-order valence-corrected chi connectivity index (χ4v) is 0.790. The molecule has 1 unspecified atom stereocenters. The predicted molar refractivity (Wildman–Crippen MR) is 50.3 cm³/mol. The number of ether oxygens (including phenoxy) is 1. The van der Waals surface area contributed by atoms with E-state index in [1.165, 1.54) is 0 Å². The molecule has 0 aromatic heterocycles. The van der Waals surface area contributed by atoms with Gasteiger partial charge in [-0.15, -0.1) is 0 Å². The lowest BCUT2D eigenvalue weighted by Crippen LogP contribution is -2.30. The molecule has 0 rings (SSSR count). The van der Waals surface area contributed by atoms with Crippen molar-refractivity contribution in [2.24, 2.45) is 5.92 Å². The Morgan fingerprint density at radius 3 is 2.54 bits per heavy atom. The first-order valence-corrected chi connectivity index (χ1v) is 4.57.